The lowest BCUT2D eigenvalue weighted by Gasteiger charge is -2.25. The lowest BCUT2D eigenvalue weighted by molar-refractivity contribution is 0.261. The van der Waals surface area contributed by atoms with Gasteiger partial charge in [0.1, 0.15) is 0 Å². The first-order chi connectivity index (χ1) is 9.36. The van der Waals surface area contributed by atoms with Crippen LogP contribution in [0.25, 0.3) is 0 Å². The van der Waals surface area contributed by atoms with E-state index in [4.69, 9.17) is 5.21 Å². The third-order valence-corrected chi connectivity index (χ3v) is 5.14. The van der Waals surface area contributed by atoms with Gasteiger partial charge in [-0.2, -0.15) is 0 Å². The molecule has 19 heavy (non-hydrogen) atoms. The zero-order chi connectivity index (χ0) is 13.1. The second kappa shape index (κ2) is 6.13. The van der Waals surface area contributed by atoms with Crippen molar-refractivity contribution in [1.82, 2.24) is 9.21 Å². The summed E-state index contributed by atoms with van der Waals surface area (Å²) in [5.74, 6) is 0. The quantitative estimate of drug-likeness (QED) is 0.657. The molecule has 104 valence electrons. The molecule has 0 amide bonds. The first-order valence-electron chi connectivity index (χ1n) is 7.03. The van der Waals surface area contributed by atoms with Crippen molar-refractivity contribution in [2.75, 3.05) is 31.7 Å². The summed E-state index contributed by atoms with van der Waals surface area (Å²) in [6, 6.07) is 8.64. The average Bonchev–Trinajstić information content (AvgIpc) is 2.78. The number of benzene rings is 1. The molecule has 4 nitrogen and oxygen atoms in total. The number of nitrogens with zero attached hydrogens (tertiary/aromatic N) is 2. The Balaban J connectivity index is 1.68. The Morgan fingerprint density at radius 2 is 2.00 bits per heavy atom. The minimum atomic E-state index is 0.726. The van der Waals surface area contributed by atoms with E-state index in [-0.39, 0.29) is 0 Å². The SMILES string of the molecule is ONc1ccccc1SN1CCCN2CCC[C@H]2C1. The van der Waals surface area contributed by atoms with E-state index in [0.29, 0.717) is 0 Å². The Kier molecular flexibility index (Phi) is 4.28. The summed E-state index contributed by atoms with van der Waals surface area (Å²) in [4.78, 5) is 3.73. The van der Waals surface area contributed by atoms with E-state index < -0.39 is 0 Å². The zero-order valence-corrected chi connectivity index (χ0v) is 11.9. The van der Waals surface area contributed by atoms with Gasteiger partial charge in [-0.3, -0.25) is 15.6 Å². The molecule has 0 radical (unpaired) electrons. The Hall–Kier alpha value is -0.750. The summed E-state index contributed by atoms with van der Waals surface area (Å²) in [7, 11) is 0. The molecular weight excluding hydrogens is 258 g/mol. The zero-order valence-electron chi connectivity index (χ0n) is 11.1. The van der Waals surface area contributed by atoms with Crippen molar-refractivity contribution in [3.63, 3.8) is 0 Å². The van der Waals surface area contributed by atoms with Gasteiger partial charge in [-0.15, -0.1) is 0 Å². The Labute approximate surface area is 118 Å². The Morgan fingerprint density at radius 1 is 1.16 bits per heavy atom. The molecule has 0 unspecified atom stereocenters. The van der Waals surface area contributed by atoms with Crippen molar-refractivity contribution in [3.8, 4) is 0 Å². The molecule has 0 saturated carbocycles. The number of anilines is 1. The van der Waals surface area contributed by atoms with Crippen molar-refractivity contribution >= 4 is 17.6 Å². The highest BCUT2D eigenvalue weighted by Gasteiger charge is 2.29. The van der Waals surface area contributed by atoms with Gasteiger partial charge < -0.3 is 0 Å². The molecule has 2 heterocycles. The van der Waals surface area contributed by atoms with Crippen molar-refractivity contribution < 1.29 is 5.21 Å². The molecule has 1 atom stereocenters. The molecule has 2 saturated heterocycles. The second-order valence-corrected chi connectivity index (χ2v) is 6.41. The van der Waals surface area contributed by atoms with E-state index in [1.54, 1.807) is 11.9 Å². The van der Waals surface area contributed by atoms with Crippen LogP contribution in [-0.2, 0) is 0 Å². The summed E-state index contributed by atoms with van der Waals surface area (Å²) >= 11 is 1.76. The van der Waals surface area contributed by atoms with Crippen LogP contribution in [0.2, 0.25) is 0 Å². The summed E-state index contributed by atoms with van der Waals surface area (Å²) < 4.78 is 2.45. The topological polar surface area (TPSA) is 38.7 Å². The largest absolute Gasteiger partial charge is 0.299 e. The van der Waals surface area contributed by atoms with Crippen LogP contribution >= 0.6 is 11.9 Å². The molecule has 2 aliphatic heterocycles. The van der Waals surface area contributed by atoms with Crippen LogP contribution in [-0.4, -0.2) is 46.6 Å². The summed E-state index contributed by atoms with van der Waals surface area (Å²) in [5, 5.41) is 9.16. The number of hydrogen-bond acceptors (Lipinski definition) is 5. The first kappa shape index (κ1) is 13.2. The summed E-state index contributed by atoms with van der Waals surface area (Å²) in [6.07, 6.45) is 3.91. The highest BCUT2D eigenvalue weighted by atomic mass is 32.2. The number of hydrogen-bond donors (Lipinski definition) is 2. The van der Waals surface area contributed by atoms with E-state index in [1.807, 2.05) is 18.2 Å². The van der Waals surface area contributed by atoms with E-state index in [2.05, 4.69) is 20.8 Å². The van der Waals surface area contributed by atoms with Crippen LogP contribution in [0.4, 0.5) is 5.69 Å². The van der Waals surface area contributed by atoms with E-state index in [9.17, 15) is 0 Å². The van der Waals surface area contributed by atoms with Gasteiger partial charge in [0.05, 0.1) is 5.69 Å². The van der Waals surface area contributed by atoms with Gasteiger partial charge in [0, 0.05) is 24.0 Å². The normalized spacial score (nSPS) is 25.0. The molecule has 0 spiro atoms. The molecule has 0 aliphatic carbocycles. The van der Waals surface area contributed by atoms with Gasteiger partial charge in [0.25, 0.3) is 0 Å². The monoisotopic (exact) mass is 279 g/mol. The van der Waals surface area contributed by atoms with Crippen LogP contribution in [0.1, 0.15) is 19.3 Å². The number of rotatable bonds is 3. The molecule has 3 rings (SSSR count). The molecule has 0 bridgehead atoms. The highest BCUT2D eigenvalue weighted by Crippen LogP contribution is 2.32. The smallest absolute Gasteiger partial charge is 0.0751 e. The molecule has 2 aliphatic rings. The fourth-order valence-corrected chi connectivity index (χ4v) is 4.13. The molecular formula is C14H21N3OS. The van der Waals surface area contributed by atoms with Gasteiger partial charge in [-0.1, -0.05) is 12.1 Å². The third kappa shape index (κ3) is 3.05. The maximum atomic E-state index is 9.16. The van der Waals surface area contributed by atoms with Crippen LogP contribution in [0.3, 0.4) is 0 Å². The summed E-state index contributed by atoms with van der Waals surface area (Å²) in [5.41, 5.74) is 3.08. The van der Waals surface area contributed by atoms with Gasteiger partial charge in [-0.25, -0.2) is 4.31 Å². The predicted molar refractivity (Wildman–Crippen MR) is 78.5 cm³/mol. The lowest BCUT2D eigenvalue weighted by atomic mass is 10.2. The molecule has 1 aromatic carbocycles. The molecule has 0 aromatic heterocycles. The fraction of sp³-hybridized carbons (Fsp3) is 0.571. The van der Waals surface area contributed by atoms with Crippen molar-refractivity contribution in [3.05, 3.63) is 24.3 Å². The van der Waals surface area contributed by atoms with E-state index >= 15 is 0 Å². The van der Waals surface area contributed by atoms with Gasteiger partial charge in [-0.05, 0) is 56.4 Å². The van der Waals surface area contributed by atoms with Crippen molar-refractivity contribution in [2.45, 2.75) is 30.2 Å². The van der Waals surface area contributed by atoms with Gasteiger partial charge >= 0.3 is 0 Å². The first-order valence-corrected chi connectivity index (χ1v) is 7.80. The molecule has 1 aromatic rings. The third-order valence-electron chi connectivity index (χ3n) is 4.00. The van der Waals surface area contributed by atoms with Crippen LogP contribution in [0.15, 0.2) is 29.2 Å². The Bertz CT molecular complexity index is 429. The summed E-state index contributed by atoms with van der Waals surface area (Å²) in [6.45, 7) is 4.77. The average molecular weight is 279 g/mol. The van der Waals surface area contributed by atoms with Crippen LogP contribution in [0.5, 0.6) is 0 Å². The minimum Gasteiger partial charge on any atom is -0.299 e. The molecule has 2 N–H and O–H groups in total. The maximum Gasteiger partial charge on any atom is 0.0751 e. The predicted octanol–water partition coefficient (Wildman–Crippen LogP) is 2.66. The molecule has 2 fully saturated rings. The number of nitrogens with one attached hydrogen (secondary N) is 1. The fourth-order valence-electron chi connectivity index (χ4n) is 3.03. The van der Waals surface area contributed by atoms with Crippen molar-refractivity contribution in [1.29, 1.82) is 0 Å². The number of fused-ring (bicyclic) bond motifs is 1. The van der Waals surface area contributed by atoms with E-state index in [0.717, 1.165) is 29.7 Å². The maximum absolute atomic E-state index is 9.16. The number of para-hydroxylation sites is 1. The minimum absolute atomic E-state index is 0.726. The van der Waals surface area contributed by atoms with Crippen molar-refractivity contribution in [2.24, 2.45) is 0 Å². The van der Waals surface area contributed by atoms with Crippen LogP contribution < -0.4 is 5.48 Å². The van der Waals surface area contributed by atoms with Gasteiger partial charge in [0.15, 0.2) is 0 Å². The molecule has 5 heteroatoms. The van der Waals surface area contributed by atoms with E-state index in [1.165, 1.54) is 32.4 Å². The lowest BCUT2D eigenvalue weighted by Crippen LogP contribution is -2.34. The van der Waals surface area contributed by atoms with Crippen LogP contribution in [0, 0.1) is 0 Å². The Morgan fingerprint density at radius 3 is 2.89 bits per heavy atom. The van der Waals surface area contributed by atoms with Gasteiger partial charge in [0.2, 0.25) is 0 Å². The highest BCUT2D eigenvalue weighted by molar-refractivity contribution is 7.97. The standard InChI is InChI=1S/C14H21N3OS/c18-15-13-6-1-2-7-14(13)19-17-10-4-9-16-8-3-5-12(16)11-17/h1-2,6-7,12,15,18H,3-5,8-11H2/t12-/m0/s1. The second-order valence-electron chi connectivity index (χ2n) is 5.27.